The fourth-order valence-electron chi connectivity index (χ4n) is 2.67. The van der Waals surface area contributed by atoms with Crippen molar-refractivity contribution in [3.8, 4) is 0 Å². The van der Waals surface area contributed by atoms with Crippen LogP contribution in [0.1, 0.15) is 23.6 Å². The molecular formula is C20H26Cl2N2. The standard InChI is InChI=1S/C20H26Cl2N2/c1-4-16-7-5-8-17(13-16)14-24(12-11-23(2)3)15-18-19(21)9-6-10-20(18)22/h5-10,13H,4,11-12,14-15H2,1-3H3. The molecule has 0 N–H and O–H groups in total. The van der Waals surface area contributed by atoms with Gasteiger partial charge in [0, 0.05) is 41.8 Å². The lowest BCUT2D eigenvalue weighted by molar-refractivity contribution is 0.226. The van der Waals surface area contributed by atoms with E-state index >= 15 is 0 Å². The zero-order valence-electron chi connectivity index (χ0n) is 14.7. The average molecular weight is 365 g/mol. The zero-order valence-corrected chi connectivity index (χ0v) is 16.2. The molecule has 0 atom stereocenters. The number of benzene rings is 2. The van der Waals surface area contributed by atoms with Crippen LogP contribution in [0.3, 0.4) is 0 Å². The third kappa shape index (κ3) is 5.78. The first kappa shape index (κ1) is 19.3. The van der Waals surface area contributed by atoms with Gasteiger partial charge in [-0.15, -0.1) is 0 Å². The Morgan fingerprint density at radius 3 is 2.08 bits per heavy atom. The van der Waals surface area contributed by atoms with E-state index in [1.807, 2.05) is 18.2 Å². The van der Waals surface area contributed by atoms with Gasteiger partial charge in [0.15, 0.2) is 0 Å². The number of halogens is 2. The molecule has 2 rings (SSSR count). The van der Waals surface area contributed by atoms with Crippen LogP contribution in [0.5, 0.6) is 0 Å². The van der Waals surface area contributed by atoms with Gasteiger partial charge >= 0.3 is 0 Å². The third-order valence-corrected chi connectivity index (χ3v) is 4.82. The normalized spacial score (nSPS) is 11.5. The van der Waals surface area contributed by atoms with Gasteiger partial charge in [0.25, 0.3) is 0 Å². The number of nitrogens with zero attached hydrogens (tertiary/aromatic N) is 2. The van der Waals surface area contributed by atoms with E-state index in [0.29, 0.717) is 0 Å². The van der Waals surface area contributed by atoms with Gasteiger partial charge in [-0.25, -0.2) is 0 Å². The predicted octanol–water partition coefficient (Wildman–Crippen LogP) is 5.12. The Hall–Kier alpha value is -1.06. The molecule has 0 heterocycles. The highest BCUT2D eigenvalue weighted by molar-refractivity contribution is 6.35. The van der Waals surface area contributed by atoms with Crippen LogP contribution in [0.25, 0.3) is 0 Å². The van der Waals surface area contributed by atoms with Crippen LogP contribution < -0.4 is 0 Å². The molecule has 0 amide bonds. The molecule has 0 saturated carbocycles. The number of rotatable bonds is 8. The fourth-order valence-corrected chi connectivity index (χ4v) is 3.19. The van der Waals surface area contributed by atoms with Gasteiger partial charge in [-0.1, -0.05) is 60.5 Å². The molecule has 0 aliphatic heterocycles. The third-order valence-electron chi connectivity index (χ3n) is 4.11. The maximum atomic E-state index is 6.37. The highest BCUT2D eigenvalue weighted by Gasteiger charge is 2.13. The largest absolute Gasteiger partial charge is 0.308 e. The summed E-state index contributed by atoms with van der Waals surface area (Å²) in [6.45, 7) is 5.79. The number of hydrogen-bond donors (Lipinski definition) is 0. The molecule has 0 saturated heterocycles. The average Bonchev–Trinajstić information content (AvgIpc) is 2.56. The Morgan fingerprint density at radius 2 is 1.46 bits per heavy atom. The molecular weight excluding hydrogens is 339 g/mol. The minimum Gasteiger partial charge on any atom is -0.308 e. The van der Waals surface area contributed by atoms with Gasteiger partial charge in [-0.3, -0.25) is 4.90 Å². The number of hydrogen-bond acceptors (Lipinski definition) is 2. The molecule has 24 heavy (non-hydrogen) atoms. The second kappa shape index (κ2) is 9.43. The lowest BCUT2D eigenvalue weighted by Crippen LogP contribution is -2.31. The highest BCUT2D eigenvalue weighted by atomic mass is 35.5. The van der Waals surface area contributed by atoms with Crippen LogP contribution in [0.15, 0.2) is 42.5 Å². The molecule has 0 fully saturated rings. The van der Waals surface area contributed by atoms with Crippen molar-refractivity contribution < 1.29 is 0 Å². The van der Waals surface area contributed by atoms with E-state index in [-0.39, 0.29) is 0 Å². The minimum absolute atomic E-state index is 0.736. The fraction of sp³-hybridized carbons (Fsp3) is 0.400. The molecule has 0 radical (unpaired) electrons. The molecule has 0 aliphatic carbocycles. The minimum atomic E-state index is 0.736. The van der Waals surface area contributed by atoms with Gasteiger partial charge in [0.05, 0.1) is 0 Å². The van der Waals surface area contributed by atoms with Gasteiger partial charge < -0.3 is 4.90 Å². The Balaban J connectivity index is 2.17. The summed E-state index contributed by atoms with van der Waals surface area (Å²) in [7, 11) is 4.19. The van der Waals surface area contributed by atoms with Crippen LogP contribution in [-0.4, -0.2) is 37.0 Å². The molecule has 4 heteroatoms. The van der Waals surface area contributed by atoms with Gasteiger partial charge in [0.1, 0.15) is 0 Å². The zero-order chi connectivity index (χ0) is 17.5. The van der Waals surface area contributed by atoms with Crippen LogP contribution in [0, 0.1) is 0 Å². The summed E-state index contributed by atoms with van der Waals surface area (Å²) in [6, 6.07) is 14.5. The smallest absolute Gasteiger partial charge is 0.0465 e. The van der Waals surface area contributed by atoms with Crippen LogP contribution in [0.4, 0.5) is 0 Å². The second-order valence-corrected chi connectivity index (χ2v) is 7.20. The number of likely N-dealkylation sites (N-methyl/N-ethyl adjacent to an activating group) is 1. The Bertz CT molecular complexity index is 636. The van der Waals surface area contributed by atoms with Crippen molar-refractivity contribution in [3.63, 3.8) is 0 Å². The first-order chi connectivity index (χ1) is 11.5. The van der Waals surface area contributed by atoms with Crippen molar-refractivity contribution in [3.05, 3.63) is 69.2 Å². The molecule has 2 nitrogen and oxygen atoms in total. The van der Waals surface area contributed by atoms with Crippen LogP contribution in [0.2, 0.25) is 10.0 Å². The quantitative estimate of drug-likeness (QED) is 0.641. The first-order valence-corrected chi connectivity index (χ1v) is 9.13. The summed E-state index contributed by atoms with van der Waals surface area (Å²) in [5, 5.41) is 1.47. The SMILES string of the molecule is CCc1cccc(CN(CCN(C)C)Cc2c(Cl)cccc2Cl)c1. The molecule has 130 valence electrons. The van der Waals surface area contributed by atoms with Crippen molar-refractivity contribution in [2.24, 2.45) is 0 Å². The summed E-state index contributed by atoms with van der Waals surface area (Å²) >= 11 is 12.7. The summed E-state index contributed by atoms with van der Waals surface area (Å²) in [5.41, 5.74) is 3.71. The van der Waals surface area contributed by atoms with E-state index in [2.05, 4.69) is 55.1 Å². The van der Waals surface area contributed by atoms with Crippen molar-refractivity contribution in [2.45, 2.75) is 26.4 Å². The van der Waals surface area contributed by atoms with E-state index in [1.165, 1.54) is 11.1 Å². The van der Waals surface area contributed by atoms with Crippen molar-refractivity contribution in [2.75, 3.05) is 27.2 Å². The van der Waals surface area contributed by atoms with Crippen LogP contribution >= 0.6 is 23.2 Å². The maximum absolute atomic E-state index is 6.37. The highest BCUT2D eigenvalue weighted by Crippen LogP contribution is 2.26. The monoisotopic (exact) mass is 364 g/mol. The topological polar surface area (TPSA) is 6.48 Å². The molecule has 2 aromatic carbocycles. The summed E-state index contributed by atoms with van der Waals surface area (Å²) < 4.78 is 0. The Morgan fingerprint density at radius 1 is 0.833 bits per heavy atom. The first-order valence-electron chi connectivity index (χ1n) is 8.37. The molecule has 0 unspecified atom stereocenters. The van der Waals surface area contributed by atoms with Crippen LogP contribution in [-0.2, 0) is 19.5 Å². The van der Waals surface area contributed by atoms with Gasteiger partial charge in [-0.2, -0.15) is 0 Å². The van der Waals surface area contributed by atoms with Crippen molar-refractivity contribution >= 4 is 23.2 Å². The Kier molecular flexibility index (Phi) is 7.57. The summed E-state index contributed by atoms with van der Waals surface area (Å²) in [5.74, 6) is 0. The molecule has 0 bridgehead atoms. The van der Waals surface area contributed by atoms with E-state index in [4.69, 9.17) is 23.2 Å². The van der Waals surface area contributed by atoms with E-state index in [0.717, 1.165) is 48.2 Å². The predicted molar refractivity (Wildman–Crippen MR) is 105 cm³/mol. The van der Waals surface area contributed by atoms with Gasteiger partial charge in [0.2, 0.25) is 0 Å². The molecule has 2 aromatic rings. The molecule has 0 aromatic heterocycles. The number of aryl methyl sites for hydroxylation is 1. The molecule has 0 aliphatic rings. The van der Waals surface area contributed by atoms with E-state index < -0.39 is 0 Å². The lowest BCUT2D eigenvalue weighted by atomic mass is 10.1. The lowest BCUT2D eigenvalue weighted by Gasteiger charge is -2.25. The molecule has 0 spiro atoms. The van der Waals surface area contributed by atoms with Crippen molar-refractivity contribution in [1.29, 1.82) is 0 Å². The van der Waals surface area contributed by atoms with Crippen molar-refractivity contribution in [1.82, 2.24) is 9.80 Å². The van der Waals surface area contributed by atoms with E-state index in [1.54, 1.807) is 0 Å². The van der Waals surface area contributed by atoms with Gasteiger partial charge in [-0.05, 0) is 43.8 Å². The second-order valence-electron chi connectivity index (χ2n) is 6.39. The maximum Gasteiger partial charge on any atom is 0.0465 e. The van der Waals surface area contributed by atoms with E-state index in [9.17, 15) is 0 Å². The summed E-state index contributed by atoms with van der Waals surface area (Å²) in [6.07, 6.45) is 1.06. The summed E-state index contributed by atoms with van der Waals surface area (Å²) in [4.78, 5) is 4.60. The Labute approximate surface area is 156 Å².